The Morgan fingerprint density at radius 2 is 2.00 bits per heavy atom. The highest BCUT2D eigenvalue weighted by molar-refractivity contribution is 7.01. The molecule has 9 heavy (non-hydrogen) atoms. The second kappa shape index (κ2) is 2.89. The van der Waals surface area contributed by atoms with Crippen molar-refractivity contribution in [2.45, 2.75) is 0 Å². The average molecular weight is 157 g/mol. The van der Waals surface area contributed by atoms with Crippen LogP contribution < -0.4 is 5.19 Å². The van der Waals surface area contributed by atoms with Crippen molar-refractivity contribution < 1.29 is 5.11 Å². The van der Waals surface area contributed by atoms with Gasteiger partial charge in [0.25, 0.3) is 0 Å². The molecule has 0 aliphatic heterocycles. The molecule has 2 radical (unpaired) electrons. The summed E-state index contributed by atoms with van der Waals surface area (Å²) < 4.78 is 0. The van der Waals surface area contributed by atoms with Crippen molar-refractivity contribution in [2.75, 3.05) is 0 Å². The minimum Gasteiger partial charge on any atom is -0.508 e. The Morgan fingerprint density at radius 3 is 2.44 bits per heavy atom. The molecular weight excluding hydrogens is 152 g/mol. The number of halogens is 1. The number of aromatic hydroxyl groups is 1. The third-order valence-electron chi connectivity index (χ3n) is 1.01. The normalized spacial score (nSPS) is 9.44. The SMILES string of the molecule is Oc1ccccc1[Si]Cl. The van der Waals surface area contributed by atoms with Crippen LogP contribution in [0.15, 0.2) is 24.3 Å². The van der Waals surface area contributed by atoms with E-state index in [9.17, 15) is 0 Å². The smallest absolute Gasteiger partial charge is 0.214 e. The summed E-state index contributed by atoms with van der Waals surface area (Å²) in [4.78, 5) is 0. The van der Waals surface area contributed by atoms with Crippen LogP contribution in [-0.2, 0) is 0 Å². The lowest BCUT2D eigenvalue weighted by Crippen LogP contribution is -2.07. The highest BCUT2D eigenvalue weighted by Crippen LogP contribution is 2.01. The van der Waals surface area contributed by atoms with E-state index in [4.69, 9.17) is 16.2 Å². The number of rotatable bonds is 1. The Morgan fingerprint density at radius 1 is 1.33 bits per heavy atom. The van der Waals surface area contributed by atoms with Gasteiger partial charge in [-0.3, -0.25) is 0 Å². The van der Waals surface area contributed by atoms with Crippen molar-refractivity contribution in [3.05, 3.63) is 24.3 Å². The third-order valence-corrected chi connectivity index (χ3v) is 2.24. The topological polar surface area (TPSA) is 20.2 Å². The first-order valence-electron chi connectivity index (χ1n) is 2.49. The zero-order chi connectivity index (χ0) is 6.69. The van der Waals surface area contributed by atoms with Crippen LogP contribution in [0.3, 0.4) is 0 Å². The van der Waals surface area contributed by atoms with Crippen LogP contribution in [0.2, 0.25) is 0 Å². The minimum absolute atomic E-state index is 0.151. The number of hydrogen-bond acceptors (Lipinski definition) is 1. The monoisotopic (exact) mass is 156 g/mol. The van der Waals surface area contributed by atoms with E-state index >= 15 is 0 Å². The van der Waals surface area contributed by atoms with E-state index in [0.29, 0.717) is 0 Å². The van der Waals surface area contributed by atoms with E-state index in [2.05, 4.69) is 0 Å². The van der Waals surface area contributed by atoms with Gasteiger partial charge in [-0.1, -0.05) is 18.2 Å². The average Bonchev–Trinajstić information content (AvgIpc) is 1.89. The Bertz CT molecular complexity index is 202. The summed E-state index contributed by atoms with van der Waals surface area (Å²) in [5.74, 6) is 0.283. The molecule has 0 spiro atoms. The summed E-state index contributed by atoms with van der Waals surface area (Å²) in [5.41, 5.74) is 0. The van der Waals surface area contributed by atoms with Crippen LogP contribution in [-0.4, -0.2) is 13.9 Å². The molecule has 1 rings (SSSR count). The van der Waals surface area contributed by atoms with E-state index in [-0.39, 0.29) is 14.6 Å². The van der Waals surface area contributed by atoms with Crippen LogP contribution in [0.5, 0.6) is 5.75 Å². The summed E-state index contributed by atoms with van der Waals surface area (Å²) in [6, 6.07) is 7.06. The van der Waals surface area contributed by atoms with Crippen molar-refractivity contribution in [2.24, 2.45) is 0 Å². The van der Waals surface area contributed by atoms with Crippen LogP contribution in [0.25, 0.3) is 0 Å². The van der Waals surface area contributed by atoms with Crippen LogP contribution in [0.4, 0.5) is 0 Å². The van der Waals surface area contributed by atoms with Crippen LogP contribution in [0.1, 0.15) is 0 Å². The molecule has 3 heteroatoms. The number of para-hydroxylation sites is 1. The van der Waals surface area contributed by atoms with Gasteiger partial charge in [-0.15, -0.1) is 0 Å². The molecule has 1 N–H and O–H groups in total. The molecule has 0 aromatic heterocycles. The number of hydrogen-bond donors (Lipinski definition) is 1. The van der Waals surface area contributed by atoms with Crippen LogP contribution >= 0.6 is 11.1 Å². The summed E-state index contributed by atoms with van der Waals surface area (Å²) >= 11 is 5.50. The molecule has 1 aromatic rings. The van der Waals surface area contributed by atoms with Gasteiger partial charge in [-0.25, -0.2) is 0 Å². The van der Waals surface area contributed by atoms with Gasteiger partial charge in [0.05, 0.1) is 0 Å². The quantitative estimate of drug-likeness (QED) is 0.473. The lowest BCUT2D eigenvalue weighted by molar-refractivity contribution is 0.479. The summed E-state index contributed by atoms with van der Waals surface area (Å²) in [6.45, 7) is 0. The Hall–Kier alpha value is -0.473. The lowest BCUT2D eigenvalue weighted by Gasteiger charge is -1.94. The molecule has 0 fully saturated rings. The first-order valence-corrected chi connectivity index (χ1v) is 4.50. The van der Waals surface area contributed by atoms with Crippen LogP contribution in [0, 0.1) is 0 Å². The highest BCUT2D eigenvalue weighted by Gasteiger charge is 1.95. The van der Waals surface area contributed by atoms with Gasteiger partial charge >= 0.3 is 0 Å². The highest BCUT2D eigenvalue weighted by atomic mass is 35.6. The second-order valence-corrected chi connectivity index (χ2v) is 2.91. The van der Waals surface area contributed by atoms with E-state index in [0.717, 1.165) is 5.19 Å². The third kappa shape index (κ3) is 1.47. The molecule has 0 amide bonds. The molecule has 1 aromatic carbocycles. The molecule has 0 aliphatic carbocycles. The van der Waals surface area contributed by atoms with Gasteiger partial charge in [0.2, 0.25) is 8.83 Å². The molecule has 0 saturated heterocycles. The van der Waals surface area contributed by atoms with Crippen molar-refractivity contribution in [3.8, 4) is 5.75 Å². The number of phenols is 1. The molecule has 0 bridgehead atoms. The molecule has 0 atom stereocenters. The Labute approximate surface area is 60.8 Å². The van der Waals surface area contributed by atoms with Crippen molar-refractivity contribution in [1.82, 2.24) is 0 Å². The second-order valence-electron chi connectivity index (χ2n) is 1.61. The van der Waals surface area contributed by atoms with Gasteiger partial charge in [0.15, 0.2) is 0 Å². The standard InChI is InChI=1S/C6H5ClOSi/c7-9-6-4-2-1-3-5(6)8/h1-4,8H. The molecule has 0 saturated carbocycles. The number of benzene rings is 1. The fraction of sp³-hybridized carbons (Fsp3) is 0. The summed E-state index contributed by atoms with van der Waals surface area (Å²) in [5, 5.41) is 9.84. The molecular formula is C6H5ClOSi. The van der Waals surface area contributed by atoms with Gasteiger partial charge in [0.1, 0.15) is 5.75 Å². The molecule has 46 valence electrons. The maximum absolute atomic E-state index is 9.03. The largest absolute Gasteiger partial charge is 0.508 e. The predicted octanol–water partition coefficient (Wildman–Crippen LogP) is 0.875. The Kier molecular flexibility index (Phi) is 2.14. The summed E-state index contributed by atoms with van der Waals surface area (Å²) in [6.07, 6.45) is 0. The maximum atomic E-state index is 9.03. The fourth-order valence-electron chi connectivity index (χ4n) is 0.554. The molecule has 1 nitrogen and oxygen atoms in total. The minimum atomic E-state index is 0.151. The zero-order valence-corrected chi connectivity index (χ0v) is 6.39. The number of phenolic OH excluding ortho intramolecular Hbond substituents is 1. The van der Waals surface area contributed by atoms with E-state index in [1.807, 2.05) is 6.07 Å². The summed E-state index contributed by atoms with van der Waals surface area (Å²) in [7, 11) is 0.151. The fourth-order valence-corrected chi connectivity index (χ4v) is 1.37. The zero-order valence-electron chi connectivity index (χ0n) is 4.63. The molecule has 0 heterocycles. The van der Waals surface area contributed by atoms with E-state index in [1.165, 1.54) is 0 Å². The first-order chi connectivity index (χ1) is 4.34. The first kappa shape index (κ1) is 6.64. The van der Waals surface area contributed by atoms with Crippen molar-refractivity contribution in [1.29, 1.82) is 0 Å². The van der Waals surface area contributed by atoms with Gasteiger partial charge in [-0.05, 0) is 11.3 Å². The van der Waals surface area contributed by atoms with Gasteiger partial charge < -0.3 is 5.11 Å². The van der Waals surface area contributed by atoms with Crippen molar-refractivity contribution >= 4 is 25.1 Å². The maximum Gasteiger partial charge on any atom is 0.214 e. The molecule has 0 aliphatic rings. The van der Waals surface area contributed by atoms with Crippen molar-refractivity contribution in [3.63, 3.8) is 0 Å². The van der Waals surface area contributed by atoms with Gasteiger partial charge in [-0.2, -0.15) is 11.1 Å². The Balaban J connectivity index is 3.01. The molecule has 0 unspecified atom stereocenters. The predicted molar refractivity (Wildman–Crippen MR) is 39.3 cm³/mol. The lowest BCUT2D eigenvalue weighted by atomic mass is 10.3. The van der Waals surface area contributed by atoms with Gasteiger partial charge in [0, 0.05) is 0 Å². The van der Waals surface area contributed by atoms with E-state index in [1.54, 1.807) is 18.2 Å². The van der Waals surface area contributed by atoms with E-state index < -0.39 is 0 Å².